The zero-order valence-corrected chi connectivity index (χ0v) is 11.8. The molecule has 0 radical (unpaired) electrons. The Morgan fingerprint density at radius 3 is 2.41 bits per heavy atom. The molecule has 0 aromatic heterocycles. The molecule has 1 fully saturated rings. The number of cyclic esters (lactones) is 1. The van der Waals surface area contributed by atoms with Gasteiger partial charge in [0, 0.05) is 18.7 Å². The molecule has 0 unspecified atom stereocenters. The molecule has 0 atom stereocenters. The number of nitrogens with zero attached hydrogens (tertiary/aromatic N) is 1. The van der Waals surface area contributed by atoms with E-state index in [0.29, 0.717) is 11.1 Å². The normalized spacial score (nSPS) is 13.8. The SMILES string of the molecule is COC(=O)c1ccc(C(=O)NCCN2C(=O)COC2=O)cc1. The smallest absolute Gasteiger partial charge is 0.417 e. The number of esters is 1. The number of hydrogen-bond acceptors (Lipinski definition) is 6. The van der Waals surface area contributed by atoms with E-state index in [2.05, 4.69) is 14.8 Å². The Kier molecular flexibility index (Phi) is 4.72. The van der Waals surface area contributed by atoms with E-state index in [9.17, 15) is 19.2 Å². The van der Waals surface area contributed by atoms with Gasteiger partial charge in [0.05, 0.1) is 12.7 Å². The molecule has 1 aromatic rings. The summed E-state index contributed by atoms with van der Waals surface area (Å²) >= 11 is 0. The van der Waals surface area contributed by atoms with E-state index in [1.54, 1.807) is 0 Å². The molecule has 1 aliphatic rings. The van der Waals surface area contributed by atoms with E-state index in [1.165, 1.54) is 31.4 Å². The lowest BCUT2D eigenvalue weighted by Crippen LogP contribution is -2.37. The minimum absolute atomic E-state index is 0.0453. The first-order valence-corrected chi connectivity index (χ1v) is 6.46. The van der Waals surface area contributed by atoms with Crippen molar-refractivity contribution in [1.29, 1.82) is 0 Å². The van der Waals surface area contributed by atoms with Gasteiger partial charge in [0.2, 0.25) is 0 Å². The Labute approximate surface area is 126 Å². The summed E-state index contributed by atoms with van der Waals surface area (Å²) in [5.74, 6) is -1.30. The van der Waals surface area contributed by atoms with Gasteiger partial charge in [0.25, 0.3) is 11.8 Å². The number of imide groups is 1. The standard InChI is InChI=1S/C14H14N2O6/c1-21-13(19)10-4-2-9(3-5-10)12(18)15-6-7-16-11(17)8-22-14(16)20/h2-5H,6-8H2,1H3,(H,15,18). The maximum atomic E-state index is 11.9. The quantitative estimate of drug-likeness (QED) is 0.779. The molecule has 1 N–H and O–H groups in total. The van der Waals surface area contributed by atoms with Crippen LogP contribution in [0, 0.1) is 0 Å². The summed E-state index contributed by atoms with van der Waals surface area (Å²) in [6.45, 7) is -0.107. The third kappa shape index (κ3) is 3.40. The maximum absolute atomic E-state index is 11.9. The molecule has 1 saturated heterocycles. The van der Waals surface area contributed by atoms with Crippen LogP contribution < -0.4 is 5.32 Å². The molecule has 0 spiro atoms. The molecule has 8 nitrogen and oxygen atoms in total. The predicted octanol–water partition coefficient (Wildman–Crippen LogP) is 0.182. The molecular weight excluding hydrogens is 292 g/mol. The first kappa shape index (κ1) is 15.5. The molecular formula is C14H14N2O6. The Morgan fingerprint density at radius 1 is 1.23 bits per heavy atom. The second-order valence-electron chi connectivity index (χ2n) is 4.42. The number of nitrogens with one attached hydrogen (secondary N) is 1. The van der Waals surface area contributed by atoms with E-state index in [1.807, 2.05) is 0 Å². The number of hydrogen-bond donors (Lipinski definition) is 1. The molecule has 116 valence electrons. The largest absolute Gasteiger partial charge is 0.465 e. The van der Waals surface area contributed by atoms with Crippen molar-refractivity contribution in [2.45, 2.75) is 0 Å². The average Bonchev–Trinajstić information content (AvgIpc) is 2.86. The molecule has 0 bridgehead atoms. The van der Waals surface area contributed by atoms with Gasteiger partial charge in [-0.05, 0) is 24.3 Å². The van der Waals surface area contributed by atoms with Gasteiger partial charge in [-0.3, -0.25) is 9.59 Å². The van der Waals surface area contributed by atoms with E-state index < -0.39 is 18.0 Å². The Balaban J connectivity index is 1.86. The average molecular weight is 306 g/mol. The summed E-state index contributed by atoms with van der Waals surface area (Å²) in [5.41, 5.74) is 0.687. The van der Waals surface area contributed by atoms with Crippen LogP contribution in [0.3, 0.4) is 0 Å². The van der Waals surface area contributed by atoms with Crippen LogP contribution in [0.4, 0.5) is 4.79 Å². The lowest BCUT2D eigenvalue weighted by atomic mass is 10.1. The van der Waals surface area contributed by atoms with Gasteiger partial charge in [-0.1, -0.05) is 0 Å². The fourth-order valence-electron chi connectivity index (χ4n) is 1.86. The summed E-state index contributed by atoms with van der Waals surface area (Å²) in [4.78, 5) is 46.6. The maximum Gasteiger partial charge on any atom is 0.417 e. The minimum Gasteiger partial charge on any atom is -0.465 e. The van der Waals surface area contributed by atoms with E-state index in [0.717, 1.165) is 4.90 Å². The van der Waals surface area contributed by atoms with Crippen LogP contribution in [0.5, 0.6) is 0 Å². The zero-order valence-electron chi connectivity index (χ0n) is 11.8. The van der Waals surface area contributed by atoms with Crippen LogP contribution >= 0.6 is 0 Å². The summed E-state index contributed by atoms with van der Waals surface area (Å²) in [7, 11) is 1.27. The van der Waals surface area contributed by atoms with Gasteiger partial charge < -0.3 is 14.8 Å². The molecule has 1 heterocycles. The number of carbonyl (C=O) groups excluding carboxylic acids is 4. The fraction of sp³-hybridized carbons (Fsp3) is 0.286. The first-order valence-electron chi connectivity index (χ1n) is 6.46. The van der Waals surface area contributed by atoms with Gasteiger partial charge in [-0.2, -0.15) is 0 Å². The Hall–Kier alpha value is -2.90. The minimum atomic E-state index is -0.707. The van der Waals surface area contributed by atoms with Crippen molar-refractivity contribution >= 4 is 23.9 Å². The number of ether oxygens (including phenoxy) is 2. The van der Waals surface area contributed by atoms with Crippen molar-refractivity contribution < 1.29 is 28.7 Å². The second kappa shape index (κ2) is 6.70. The van der Waals surface area contributed by atoms with Crippen LogP contribution in [0.15, 0.2) is 24.3 Å². The number of carbonyl (C=O) groups is 4. The Morgan fingerprint density at radius 2 is 1.86 bits per heavy atom. The molecule has 2 rings (SSSR count). The molecule has 0 saturated carbocycles. The van der Waals surface area contributed by atoms with Crippen LogP contribution in [0.25, 0.3) is 0 Å². The highest BCUT2D eigenvalue weighted by Gasteiger charge is 2.30. The lowest BCUT2D eigenvalue weighted by Gasteiger charge is -2.11. The van der Waals surface area contributed by atoms with Crippen molar-refractivity contribution in [3.05, 3.63) is 35.4 Å². The van der Waals surface area contributed by atoms with E-state index in [-0.39, 0.29) is 25.6 Å². The summed E-state index contributed by atoms with van der Waals surface area (Å²) in [6, 6.07) is 5.91. The molecule has 1 aliphatic heterocycles. The highest BCUT2D eigenvalue weighted by atomic mass is 16.6. The zero-order chi connectivity index (χ0) is 16.1. The van der Waals surface area contributed by atoms with Gasteiger partial charge in [-0.25, -0.2) is 14.5 Å². The first-order chi connectivity index (χ1) is 10.5. The Bertz CT molecular complexity index is 594. The van der Waals surface area contributed by atoms with Gasteiger partial charge in [0.1, 0.15) is 0 Å². The van der Waals surface area contributed by atoms with Crippen molar-refractivity contribution in [3.8, 4) is 0 Å². The lowest BCUT2D eigenvalue weighted by molar-refractivity contribution is -0.125. The molecule has 22 heavy (non-hydrogen) atoms. The molecule has 3 amide bonds. The van der Waals surface area contributed by atoms with Gasteiger partial charge in [-0.15, -0.1) is 0 Å². The van der Waals surface area contributed by atoms with Crippen molar-refractivity contribution in [1.82, 2.24) is 10.2 Å². The number of methoxy groups -OCH3 is 1. The molecule has 1 aromatic carbocycles. The molecule has 0 aliphatic carbocycles. The molecule has 8 heteroatoms. The van der Waals surface area contributed by atoms with Crippen molar-refractivity contribution in [2.24, 2.45) is 0 Å². The summed E-state index contributed by atoms with van der Waals surface area (Å²) in [5, 5.41) is 2.57. The topological polar surface area (TPSA) is 102 Å². The van der Waals surface area contributed by atoms with Crippen molar-refractivity contribution in [3.63, 3.8) is 0 Å². The number of benzene rings is 1. The third-order valence-electron chi connectivity index (χ3n) is 3.03. The van der Waals surface area contributed by atoms with Crippen LogP contribution in [-0.4, -0.2) is 55.6 Å². The fourth-order valence-corrected chi connectivity index (χ4v) is 1.86. The number of rotatable bonds is 5. The predicted molar refractivity (Wildman–Crippen MR) is 73.2 cm³/mol. The van der Waals surface area contributed by atoms with E-state index >= 15 is 0 Å². The highest BCUT2D eigenvalue weighted by Crippen LogP contribution is 2.06. The summed E-state index contributed by atoms with van der Waals surface area (Å²) in [6.07, 6.45) is -0.707. The van der Waals surface area contributed by atoms with Crippen LogP contribution in [0.2, 0.25) is 0 Å². The van der Waals surface area contributed by atoms with Crippen molar-refractivity contribution in [2.75, 3.05) is 26.8 Å². The summed E-state index contributed by atoms with van der Waals surface area (Å²) < 4.78 is 9.10. The highest BCUT2D eigenvalue weighted by molar-refractivity contribution is 5.98. The van der Waals surface area contributed by atoms with Gasteiger partial charge in [0.15, 0.2) is 6.61 Å². The van der Waals surface area contributed by atoms with E-state index in [4.69, 9.17) is 0 Å². The second-order valence-corrected chi connectivity index (χ2v) is 4.42. The monoisotopic (exact) mass is 306 g/mol. The number of amides is 3. The van der Waals surface area contributed by atoms with Crippen LogP contribution in [0.1, 0.15) is 20.7 Å². The third-order valence-corrected chi connectivity index (χ3v) is 3.03. The van der Waals surface area contributed by atoms with Gasteiger partial charge >= 0.3 is 12.1 Å². The van der Waals surface area contributed by atoms with Crippen LogP contribution in [-0.2, 0) is 14.3 Å².